The third kappa shape index (κ3) is 2.51. The van der Waals surface area contributed by atoms with Gasteiger partial charge in [-0.3, -0.25) is 9.48 Å². The summed E-state index contributed by atoms with van der Waals surface area (Å²) >= 11 is 0. The Morgan fingerprint density at radius 1 is 1.52 bits per heavy atom. The number of aromatic nitrogens is 3. The quantitative estimate of drug-likeness (QED) is 0.899. The van der Waals surface area contributed by atoms with Crippen LogP contribution >= 0.6 is 0 Å². The summed E-state index contributed by atoms with van der Waals surface area (Å²) in [6.45, 7) is 3.40. The molecule has 21 heavy (non-hydrogen) atoms. The van der Waals surface area contributed by atoms with Gasteiger partial charge >= 0.3 is 0 Å². The standard InChI is InChI=1S/C15H20N4O2/c1-10-6-12(13-7-16-18(2)14(13)17-10)15(21)19-5-3-4-11(8-19)9-20/h6-7,11,20H,3-5,8-9H2,1-2H3. The van der Waals surface area contributed by atoms with E-state index in [0.29, 0.717) is 12.1 Å². The van der Waals surface area contributed by atoms with Crippen molar-refractivity contribution in [1.82, 2.24) is 19.7 Å². The minimum Gasteiger partial charge on any atom is -0.396 e. The Balaban J connectivity index is 1.97. The number of carbonyl (C=O) groups excluding carboxylic acids is 1. The summed E-state index contributed by atoms with van der Waals surface area (Å²) in [5.74, 6) is 0.201. The third-order valence-electron chi connectivity index (χ3n) is 4.13. The maximum atomic E-state index is 12.8. The van der Waals surface area contributed by atoms with Crippen LogP contribution in [0.5, 0.6) is 0 Å². The number of aliphatic hydroxyl groups excluding tert-OH is 1. The second kappa shape index (κ2) is 5.44. The number of rotatable bonds is 2. The van der Waals surface area contributed by atoms with Crippen molar-refractivity contribution in [3.8, 4) is 0 Å². The largest absolute Gasteiger partial charge is 0.396 e. The van der Waals surface area contributed by atoms with Crippen LogP contribution in [-0.4, -0.2) is 50.4 Å². The second-order valence-electron chi connectivity index (χ2n) is 5.76. The molecule has 2 aromatic heterocycles. The summed E-state index contributed by atoms with van der Waals surface area (Å²) in [6, 6.07) is 1.83. The van der Waals surface area contributed by atoms with E-state index in [0.717, 1.165) is 36.1 Å². The van der Waals surface area contributed by atoms with Gasteiger partial charge in [0.05, 0.1) is 17.1 Å². The lowest BCUT2D eigenvalue weighted by atomic mass is 9.98. The molecule has 2 aromatic rings. The fourth-order valence-corrected chi connectivity index (χ4v) is 2.99. The molecule has 3 heterocycles. The van der Waals surface area contributed by atoms with Gasteiger partial charge in [0.15, 0.2) is 5.65 Å². The number of piperidine rings is 1. The summed E-state index contributed by atoms with van der Waals surface area (Å²) in [5.41, 5.74) is 2.20. The predicted octanol–water partition coefficient (Wildman–Crippen LogP) is 1.12. The Kier molecular flexibility index (Phi) is 3.63. The van der Waals surface area contributed by atoms with Crippen LogP contribution in [0.25, 0.3) is 11.0 Å². The summed E-state index contributed by atoms with van der Waals surface area (Å²) in [5, 5.41) is 14.3. The lowest BCUT2D eigenvalue weighted by Crippen LogP contribution is -2.41. The lowest BCUT2D eigenvalue weighted by Gasteiger charge is -2.32. The average Bonchev–Trinajstić information content (AvgIpc) is 2.87. The molecule has 1 aliphatic heterocycles. The second-order valence-corrected chi connectivity index (χ2v) is 5.76. The Hall–Kier alpha value is -1.95. The first-order valence-corrected chi connectivity index (χ1v) is 7.29. The van der Waals surface area contributed by atoms with Crippen molar-refractivity contribution in [3.05, 3.63) is 23.5 Å². The zero-order chi connectivity index (χ0) is 15.0. The number of likely N-dealkylation sites (tertiary alicyclic amines) is 1. The molecular formula is C15H20N4O2. The van der Waals surface area contributed by atoms with Gasteiger partial charge < -0.3 is 10.0 Å². The SMILES string of the molecule is Cc1cc(C(=O)N2CCCC(CO)C2)c2cnn(C)c2n1. The van der Waals surface area contributed by atoms with Gasteiger partial charge in [-0.1, -0.05) is 0 Å². The molecule has 0 spiro atoms. The highest BCUT2D eigenvalue weighted by molar-refractivity contribution is 6.05. The molecule has 6 heteroatoms. The molecule has 0 radical (unpaired) electrons. The van der Waals surface area contributed by atoms with Crippen LogP contribution < -0.4 is 0 Å². The van der Waals surface area contributed by atoms with Crippen LogP contribution in [0.3, 0.4) is 0 Å². The van der Waals surface area contributed by atoms with Crippen LogP contribution in [-0.2, 0) is 7.05 Å². The minimum absolute atomic E-state index is 0.0108. The first-order chi connectivity index (χ1) is 10.1. The molecule has 1 atom stereocenters. The molecule has 0 saturated carbocycles. The maximum absolute atomic E-state index is 12.8. The van der Waals surface area contributed by atoms with Gasteiger partial charge in [-0.2, -0.15) is 5.10 Å². The number of hydrogen-bond acceptors (Lipinski definition) is 4. The summed E-state index contributed by atoms with van der Waals surface area (Å²) < 4.78 is 1.69. The first-order valence-electron chi connectivity index (χ1n) is 7.29. The van der Waals surface area contributed by atoms with Crippen molar-refractivity contribution >= 4 is 16.9 Å². The molecule has 0 aliphatic carbocycles. The Bertz CT molecular complexity index is 680. The number of carbonyl (C=O) groups is 1. The fraction of sp³-hybridized carbons (Fsp3) is 0.533. The monoisotopic (exact) mass is 288 g/mol. The Morgan fingerprint density at radius 3 is 3.10 bits per heavy atom. The molecule has 3 rings (SSSR count). The summed E-state index contributed by atoms with van der Waals surface area (Å²) in [7, 11) is 1.83. The fourth-order valence-electron chi connectivity index (χ4n) is 2.99. The van der Waals surface area contributed by atoms with Crippen LogP contribution in [0, 0.1) is 12.8 Å². The molecule has 0 bridgehead atoms. The zero-order valence-corrected chi connectivity index (χ0v) is 12.4. The van der Waals surface area contributed by atoms with Gasteiger partial charge in [-0.05, 0) is 31.7 Å². The molecule has 0 aromatic carbocycles. The van der Waals surface area contributed by atoms with E-state index in [9.17, 15) is 9.90 Å². The van der Waals surface area contributed by atoms with Gasteiger partial charge in [0, 0.05) is 32.4 Å². The average molecular weight is 288 g/mol. The molecular weight excluding hydrogens is 268 g/mol. The number of hydrogen-bond donors (Lipinski definition) is 1. The van der Waals surface area contributed by atoms with Crippen molar-refractivity contribution in [2.45, 2.75) is 19.8 Å². The van der Waals surface area contributed by atoms with Crippen molar-refractivity contribution in [2.75, 3.05) is 19.7 Å². The first kappa shape index (κ1) is 14.0. The van der Waals surface area contributed by atoms with E-state index in [2.05, 4.69) is 10.1 Å². The molecule has 1 aliphatic rings. The van der Waals surface area contributed by atoms with E-state index in [1.807, 2.05) is 24.9 Å². The normalized spacial score (nSPS) is 19.2. The highest BCUT2D eigenvalue weighted by atomic mass is 16.3. The number of fused-ring (bicyclic) bond motifs is 1. The third-order valence-corrected chi connectivity index (χ3v) is 4.13. The molecule has 112 valence electrons. The van der Waals surface area contributed by atoms with Crippen LogP contribution in [0.15, 0.2) is 12.3 Å². The van der Waals surface area contributed by atoms with Crippen LogP contribution in [0.4, 0.5) is 0 Å². The van der Waals surface area contributed by atoms with Crippen molar-refractivity contribution in [1.29, 1.82) is 0 Å². The number of amides is 1. The molecule has 1 amide bonds. The van der Waals surface area contributed by atoms with E-state index < -0.39 is 0 Å². The molecule has 1 fully saturated rings. The maximum Gasteiger partial charge on any atom is 0.254 e. The van der Waals surface area contributed by atoms with E-state index >= 15 is 0 Å². The lowest BCUT2D eigenvalue weighted by molar-refractivity contribution is 0.0622. The van der Waals surface area contributed by atoms with Crippen molar-refractivity contribution in [3.63, 3.8) is 0 Å². The van der Waals surface area contributed by atoms with Gasteiger partial charge in [0.2, 0.25) is 0 Å². The number of pyridine rings is 1. The number of aliphatic hydroxyl groups is 1. The summed E-state index contributed by atoms with van der Waals surface area (Å²) in [4.78, 5) is 19.1. The topological polar surface area (TPSA) is 71.2 Å². The van der Waals surface area contributed by atoms with Crippen LogP contribution in [0.1, 0.15) is 28.9 Å². The van der Waals surface area contributed by atoms with E-state index in [1.165, 1.54) is 0 Å². The van der Waals surface area contributed by atoms with Crippen molar-refractivity contribution < 1.29 is 9.90 Å². The molecule has 6 nitrogen and oxygen atoms in total. The Labute approximate surface area is 123 Å². The predicted molar refractivity (Wildman–Crippen MR) is 79.0 cm³/mol. The number of nitrogens with zero attached hydrogens (tertiary/aromatic N) is 4. The van der Waals surface area contributed by atoms with E-state index in [4.69, 9.17) is 0 Å². The van der Waals surface area contributed by atoms with Crippen LogP contribution in [0.2, 0.25) is 0 Å². The molecule has 1 saturated heterocycles. The minimum atomic E-state index is 0.0108. The van der Waals surface area contributed by atoms with Gasteiger partial charge in [0.25, 0.3) is 5.91 Å². The number of aryl methyl sites for hydroxylation is 2. The van der Waals surface area contributed by atoms with Gasteiger partial charge in [0.1, 0.15) is 0 Å². The van der Waals surface area contributed by atoms with Gasteiger partial charge in [-0.15, -0.1) is 0 Å². The zero-order valence-electron chi connectivity index (χ0n) is 12.4. The molecule has 1 unspecified atom stereocenters. The smallest absolute Gasteiger partial charge is 0.254 e. The van der Waals surface area contributed by atoms with Gasteiger partial charge in [-0.25, -0.2) is 4.98 Å². The van der Waals surface area contributed by atoms with E-state index in [1.54, 1.807) is 10.9 Å². The molecule has 1 N–H and O–H groups in total. The van der Waals surface area contributed by atoms with Crippen molar-refractivity contribution in [2.24, 2.45) is 13.0 Å². The summed E-state index contributed by atoms with van der Waals surface area (Å²) in [6.07, 6.45) is 3.62. The highest BCUT2D eigenvalue weighted by Crippen LogP contribution is 2.23. The Morgan fingerprint density at radius 2 is 2.33 bits per heavy atom. The highest BCUT2D eigenvalue weighted by Gasteiger charge is 2.26. The van der Waals surface area contributed by atoms with E-state index in [-0.39, 0.29) is 18.4 Å².